The summed E-state index contributed by atoms with van der Waals surface area (Å²) in [5.41, 5.74) is 0. The molecule has 8 heteroatoms. The number of nitro groups is 1. The third-order valence-electron chi connectivity index (χ3n) is 0.524. The van der Waals surface area contributed by atoms with E-state index in [0.717, 1.165) is 0 Å². The van der Waals surface area contributed by atoms with Crippen LogP contribution >= 0.6 is 0 Å². The van der Waals surface area contributed by atoms with Gasteiger partial charge in [-0.15, -0.1) is 0 Å². The molecule has 0 aliphatic rings. The minimum absolute atomic E-state index is 0. The molecule has 0 bridgehead atoms. The summed E-state index contributed by atoms with van der Waals surface area (Å²) in [6.07, 6.45) is 0. The third-order valence-corrected chi connectivity index (χ3v) is 1.21. The molecule has 0 fully saturated rings. The Bertz CT molecular complexity index is 198. The minimum atomic E-state index is -4.41. The Morgan fingerprint density at radius 3 is 1.90 bits per heavy atom. The van der Waals surface area contributed by atoms with Gasteiger partial charge in [-0.05, 0) is 0 Å². The van der Waals surface area contributed by atoms with E-state index in [0.29, 0.717) is 0 Å². The number of hydrogen-bond acceptors (Lipinski definition) is 5. The van der Waals surface area contributed by atoms with Gasteiger partial charge in [0.05, 0.1) is 0 Å². The molecular weight excluding hydrogens is 173 g/mol. The molecule has 0 aliphatic heterocycles. The standard InChI is InChI=1S/C2H5NO5S.Na/c4-3(5)1-2-9(6,7)8;/h1-2H2,(H,6,7,8);/q;+1/p-1. The van der Waals surface area contributed by atoms with Crippen molar-refractivity contribution in [2.45, 2.75) is 0 Å². The SMILES string of the molecule is O=[N+]([O-])CCS(=O)(=O)[O-].[Na+]. The summed E-state index contributed by atoms with van der Waals surface area (Å²) in [7, 11) is -4.41. The first-order chi connectivity index (χ1) is 3.92. The summed E-state index contributed by atoms with van der Waals surface area (Å²) >= 11 is 0. The summed E-state index contributed by atoms with van der Waals surface area (Å²) in [6, 6.07) is 0. The fourth-order valence-corrected chi connectivity index (χ4v) is 0.559. The van der Waals surface area contributed by atoms with E-state index in [1.807, 2.05) is 0 Å². The van der Waals surface area contributed by atoms with Gasteiger partial charge >= 0.3 is 29.6 Å². The largest absolute Gasteiger partial charge is 1.00 e. The molecule has 0 heterocycles. The molecule has 10 heavy (non-hydrogen) atoms. The molecule has 0 spiro atoms. The van der Waals surface area contributed by atoms with E-state index in [1.54, 1.807) is 0 Å². The average Bonchev–Trinajstić information content (AvgIpc) is 1.59. The summed E-state index contributed by atoms with van der Waals surface area (Å²) < 4.78 is 29.0. The summed E-state index contributed by atoms with van der Waals surface area (Å²) in [4.78, 5) is 8.60. The van der Waals surface area contributed by atoms with Crippen molar-refractivity contribution >= 4 is 10.1 Å². The zero-order valence-corrected chi connectivity index (χ0v) is 8.13. The normalized spacial score (nSPS) is 10.1. The predicted molar refractivity (Wildman–Crippen MR) is 26.4 cm³/mol. The summed E-state index contributed by atoms with van der Waals surface area (Å²) in [5, 5.41) is 9.45. The van der Waals surface area contributed by atoms with Crippen LogP contribution in [0.1, 0.15) is 0 Å². The molecule has 0 saturated carbocycles. The third kappa shape index (κ3) is 11.2. The molecule has 0 atom stereocenters. The van der Waals surface area contributed by atoms with Crippen molar-refractivity contribution in [2.24, 2.45) is 0 Å². The molecule has 0 aromatic carbocycles. The van der Waals surface area contributed by atoms with Crippen molar-refractivity contribution in [3.63, 3.8) is 0 Å². The van der Waals surface area contributed by atoms with Crippen molar-refractivity contribution < 1.29 is 47.5 Å². The second-order valence-corrected chi connectivity index (χ2v) is 2.84. The van der Waals surface area contributed by atoms with Gasteiger partial charge in [-0.3, -0.25) is 10.1 Å². The van der Waals surface area contributed by atoms with Crippen LogP contribution in [0.3, 0.4) is 0 Å². The van der Waals surface area contributed by atoms with E-state index in [1.165, 1.54) is 0 Å². The van der Waals surface area contributed by atoms with E-state index in [9.17, 15) is 23.1 Å². The Morgan fingerprint density at radius 1 is 1.40 bits per heavy atom. The maximum absolute atomic E-state index is 9.68. The fourth-order valence-electron chi connectivity index (χ4n) is 0.186. The van der Waals surface area contributed by atoms with Gasteiger partial charge < -0.3 is 4.55 Å². The summed E-state index contributed by atoms with van der Waals surface area (Å²) in [6.45, 7) is -0.814. The van der Waals surface area contributed by atoms with Crippen LogP contribution in [0.25, 0.3) is 0 Å². The Morgan fingerprint density at radius 2 is 1.80 bits per heavy atom. The molecule has 0 aliphatic carbocycles. The van der Waals surface area contributed by atoms with Crippen molar-refractivity contribution in [1.82, 2.24) is 0 Å². The molecule has 0 unspecified atom stereocenters. The van der Waals surface area contributed by atoms with Gasteiger partial charge in [0.1, 0.15) is 15.9 Å². The average molecular weight is 177 g/mol. The molecule has 0 saturated heterocycles. The quantitative estimate of drug-likeness (QED) is 0.188. The molecular formula is C2H4NNaO5S. The Labute approximate surface area is 79.8 Å². The van der Waals surface area contributed by atoms with Gasteiger partial charge in [0.25, 0.3) is 0 Å². The monoisotopic (exact) mass is 177 g/mol. The smallest absolute Gasteiger partial charge is 0.748 e. The van der Waals surface area contributed by atoms with Crippen LogP contribution < -0.4 is 29.6 Å². The maximum Gasteiger partial charge on any atom is 1.00 e. The first-order valence-corrected chi connectivity index (χ1v) is 3.55. The molecule has 0 aromatic heterocycles. The van der Waals surface area contributed by atoms with Gasteiger partial charge in [-0.25, -0.2) is 8.42 Å². The van der Waals surface area contributed by atoms with Crippen LogP contribution in [0.15, 0.2) is 0 Å². The van der Waals surface area contributed by atoms with Crippen LogP contribution in [0.5, 0.6) is 0 Å². The molecule has 0 rings (SSSR count). The maximum atomic E-state index is 9.68. The van der Waals surface area contributed by atoms with E-state index in [4.69, 9.17) is 0 Å². The Hall–Kier alpha value is 0.310. The second kappa shape index (κ2) is 5.03. The second-order valence-electron chi connectivity index (χ2n) is 1.32. The van der Waals surface area contributed by atoms with Crippen molar-refractivity contribution in [2.75, 3.05) is 12.3 Å². The van der Waals surface area contributed by atoms with Crippen molar-refractivity contribution in [3.05, 3.63) is 10.1 Å². The van der Waals surface area contributed by atoms with Gasteiger partial charge in [0.15, 0.2) is 0 Å². The number of hydrogen-bond donors (Lipinski definition) is 0. The Kier molecular flexibility index (Phi) is 6.50. The molecule has 0 aromatic rings. The fraction of sp³-hybridized carbons (Fsp3) is 1.00. The molecule has 0 N–H and O–H groups in total. The van der Waals surface area contributed by atoms with Gasteiger partial charge in [0, 0.05) is 4.92 Å². The minimum Gasteiger partial charge on any atom is -0.748 e. The van der Waals surface area contributed by atoms with E-state index < -0.39 is 27.3 Å². The van der Waals surface area contributed by atoms with Gasteiger partial charge in [0.2, 0.25) is 6.54 Å². The van der Waals surface area contributed by atoms with Crippen LogP contribution in [0.4, 0.5) is 0 Å². The number of nitrogens with zero attached hydrogens (tertiary/aromatic N) is 1. The first-order valence-electron chi connectivity index (χ1n) is 1.97. The number of rotatable bonds is 3. The van der Waals surface area contributed by atoms with Crippen LogP contribution in [-0.2, 0) is 10.1 Å². The molecule has 6 nitrogen and oxygen atoms in total. The van der Waals surface area contributed by atoms with Crippen molar-refractivity contribution in [3.8, 4) is 0 Å². The first kappa shape index (κ1) is 12.9. The van der Waals surface area contributed by atoms with Gasteiger partial charge in [-0.2, -0.15) is 0 Å². The summed E-state index contributed by atoms with van der Waals surface area (Å²) in [5.74, 6) is -0.931. The van der Waals surface area contributed by atoms with Crippen molar-refractivity contribution in [1.29, 1.82) is 0 Å². The predicted octanol–water partition coefficient (Wildman–Crippen LogP) is -4.19. The van der Waals surface area contributed by atoms with E-state index in [2.05, 4.69) is 0 Å². The van der Waals surface area contributed by atoms with E-state index >= 15 is 0 Å². The molecule has 0 radical (unpaired) electrons. The van der Waals surface area contributed by atoms with Crippen LogP contribution in [0, 0.1) is 10.1 Å². The zero-order valence-electron chi connectivity index (χ0n) is 5.31. The van der Waals surface area contributed by atoms with Crippen LogP contribution in [0.2, 0.25) is 0 Å². The van der Waals surface area contributed by atoms with Crippen LogP contribution in [-0.4, -0.2) is 30.2 Å². The molecule has 54 valence electrons. The topological polar surface area (TPSA) is 100 Å². The Balaban J connectivity index is 0. The zero-order chi connectivity index (χ0) is 7.49. The molecule has 0 amide bonds. The van der Waals surface area contributed by atoms with E-state index in [-0.39, 0.29) is 29.6 Å². The van der Waals surface area contributed by atoms with Gasteiger partial charge in [-0.1, -0.05) is 0 Å².